The molecule has 6 heteroatoms. The van der Waals surface area contributed by atoms with Crippen LogP contribution < -0.4 is 0 Å². The molecule has 4 N–H and O–H groups in total. The number of allylic oxidation sites excluding steroid dienone is 6. The Morgan fingerprint density at radius 3 is 2.44 bits per heavy atom. The topological polar surface area (TPSA) is 107 Å². The number of aliphatic hydroxyl groups is 2. The van der Waals surface area contributed by atoms with E-state index in [9.17, 15) is 20.1 Å². The van der Waals surface area contributed by atoms with Gasteiger partial charge in [-0.3, -0.25) is 0 Å². The Kier molecular flexibility index (Phi) is 10.1. The zero-order valence-corrected chi connectivity index (χ0v) is 26.2. The van der Waals surface area contributed by atoms with Gasteiger partial charge in [0.25, 0.3) is 0 Å². The molecule has 0 bridgehead atoms. The molecule has 2 unspecified atom stereocenters. The van der Waals surface area contributed by atoms with E-state index in [1.807, 2.05) is 69.4 Å². The summed E-state index contributed by atoms with van der Waals surface area (Å²) in [6.45, 7) is 12.5. The number of carbonyl (C=O) groups is 1. The zero-order chi connectivity index (χ0) is 31.5. The van der Waals surface area contributed by atoms with Gasteiger partial charge in [-0.25, -0.2) is 4.79 Å². The summed E-state index contributed by atoms with van der Waals surface area (Å²) in [5, 5.41) is 40.6. The first-order chi connectivity index (χ1) is 20.2. The molecule has 232 valence electrons. The molecule has 1 saturated heterocycles. The molecule has 0 aromatic heterocycles. The van der Waals surface area contributed by atoms with Gasteiger partial charge in [0.05, 0.1) is 23.9 Å². The van der Waals surface area contributed by atoms with E-state index in [1.54, 1.807) is 12.1 Å². The second-order valence-electron chi connectivity index (χ2n) is 13.6. The number of aromatic hydroxyl groups is 1. The number of fused-ring (bicyclic) bond motifs is 3. The van der Waals surface area contributed by atoms with E-state index in [-0.39, 0.29) is 53.0 Å². The lowest BCUT2D eigenvalue weighted by atomic mass is 9.59. The summed E-state index contributed by atoms with van der Waals surface area (Å²) in [5.74, 6) is -0.124. The lowest BCUT2D eigenvalue weighted by Crippen LogP contribution is -2.42. The van der Waals surface area contributed by atoms with Crippen LogP contribution in [0.15, 0.2) is 96.2 Å². The van der Waals surface area contributed by atoms with Crippen LogP contribution in [0, 0.1) is 35.0 Å². The highest BCUT2D eigenvalue weighted by atomic mass is 16.5. The van der Waals surface area contributed by atoms with Gasteiger partial charge < -0.3 is 25.2 Å². The molecule has 3 aliphatic rings. The van der Waals surface area contributed by atoms with Crippen molar-refractivity contribution in [2.24, 2.45) is 35.0 Å². The summed E-state index contributed by atoms with van der Waals surface area (Å²) >= 11 is 0. The third-order valence-corrected chi connectivity index (χ3v) is 9.67. The van der Waals surface area contributed by atoms with E-state index in [2.05, 4.69) is 32.9 Å². The maximum Gasteiger partial charge on any atom is 0.328 e. The Balaban J connectivity index is 1.47. The Labute approximate surface area is 256 Å². The number of rotatable bonds is 10. The minimum Gasteiger partial charge on any atom is -0.508 e. The van der Waals surface area contributed by atoms with Gasteiger partial charge in [0, 0.05) is 29.7 Å². The minimum atomic E-state index is -0.993. The van der Waals surface area contributed by atoms with E-state index >= 15 is 0 Å². The van der Waals surface area contributed by atoms with E-state index in [0.717, 1.165) is 23.6 Å². The summed E-state index contributed by atoms with van der Waals surface area (Å²) in [6, 6.07) is 7.35. The smallest absolute Gasteiger partial charge is 0.328 e. The first-order valence-electron chi connectivity index (χ1n) is 15.3. The first kappa shape index (κ1) is 32.7. The highest BCUT2D eigenvalue weighted by Gasteiger charge is 2.63. The molecule has 4 rings (SSSR count). The van der Waals surface area contributed by atoms with Gasteiger partial charge in [-0.15, -0.1) is 0 Å². The monoisotopic (exact) mass is 588 g/mol. The van der Waals surface area contributed by atoms with E-state index < -0.39 is 17.7 Å². The van der Waals surface area contributed by atoms with Crippen molar-refractivity contribution in [2.75, 3.05) is 0 Å². The zero-order valence-electron chi connectivity index (χ0n) is 26.2. The Morgan fingerprint density at radius 2 is 1.77 bits per heavy atom. The van der Waals surface area contributed by atoms with Crippen molar-refractivity contribution in [1.29, 1.82) is 0 Å². The van der Waals surface area contributed by atoms with Crippen molar-refractivity contribution in [1.82, 2.24) is 0 Å². The van der Waals surface area contributed by atoms with Crippen molar-refractivity contribution in [2.45, 2.75) is 78.3 Å². The van der Waals surface area contributed by atoms with E-state index in [1.165, 1.54) is 11.6 Å². The molecule has 1 heterocycles. The van der Waals surface area contributed by atoms with Crippen LogP contribution in [-0.2, 0) is 9.53 Å². The molecule has 1 saturated carbocycles. The highest BCUT2D eigenvalue weighted by Crippen LogP contribution is 2.65. The fourth-order valence-electron chi connectivity index (χ4n) is 7.79. The molecule has 1 aromatic rings. The molecule has 0 radical (unpaired) electrons. The van der Waals surface area contributed by atoms with Crippen molar-refractivity contribution >= 4 is 5.97 Å². The van der Waals surface area contributed by atoms with Gasteiger partial charge in [0.1, 0.15) is 5.75 Å². The SMILES string of the molecule is CC1=C[C@H]2[C@H]([C@H]3[C@@H]1[C@H](/C=C/C=C/C=C/C(C)C(O)C/C=C(C)/C=C/C(=O)O)O[C@@H]3c1ccc(O)cc1)C(C)(C)C[C@]2(C)O. The lowest BCUT2D eigenvalue weighted by Gasteiger charge is -2.44. The molecule has 1 aromatic carbocycles. The van der Waals surface area contributed by atoms with Gasteiger partial charge in [0.2, 0.25) is 0 Å². The number of ether oxygens (including phenoxy) is 1. The standard InChI is InChI=1S/C37H48O6/c1-23(14-20-31(40)41)13-19-29(39)24(2)11-9-7-8-10-12-30-32-25(3)21-28-34(36(4,5)22-37(28,6)42)33(32)35(43-30)26-15-17-27(38)18-16-26/h7-18,20-21,24,28-30,32-35,38-39,42H,19,22H2,1-6H3,(H,40,41)/b8-7+,11-9+,12-10+,20-14+,23-13+/t24?,28-,29?,30-,32-,33+,34+,35+,37-/m0/s1. The van der Waals surface area contributed by atoms with Crippen LogP contribution >= 0.6 is 0 Å². The molecular formula is C37H48O6. The fraction of sp³-hybridized carbons (Fsp3) is 0.486. The predicted octanol–water partition coefficient (Wildman–Crippen LogP) is 7.08. The molecule has 0 amide bonds. The minimum absolute atomic E-state index is 0.0545. The average molecular weight is 589 g/mol. The average Bonchev–Trinajstić information content (AvgIpc) is 3.39. The first-order valence-corrected chi connectivity index (χ1v) is 15.3. The molecule has 43 heavy (non-hydrogen) atoms. The van der Waals surface area contributed by atoms with Crippen molar-refractivity contribution < 1.29 is 30.0 Å². The highest BCUT2D eigenvalue weighted by molar-refractivity contribution is 5.80. The van der Waals surface area contributed by atoms with Crippen LogP contribution in [0.25, 0.3) is 0 Å². The molecule has 0 spiro atoms. The van der Waals surface area contributed by atoms with Crippen LogP contribution in [0.4, 0.5) is 0 Å². The second kappa shape index (κ2) is 13.2. The van der Waals surface area contributed by atoms with E-state index in [4.69, 9.17) is 9.84 Å². The number of benzene rings is 1. The van der Waals surface area contributed by atoms with Gasteiger partial charge >= 0.3 is 5.97 Å². The number of carboxylic acids is 1. The Hall–Kier alpha value is -3.19. The molecule has 6 nitrogen and oxygen atoms in total. The second-order valence-corrected chi connectivity index (χ2v) is 13.6. The van der Waals surface area contributed by atoms with Crippen molar-refractivity contribution in [3.63, 3.8) is 0 Å². The van der Waals surface area contributed by atoms with Crippen molar-refractivity contribution in [3.05, 3.63) is 102 Å². The predicted molar refractivity (Wildman–Crippen MR) is 170 cm³/mol. The number of phenols is 1. The third-order valence-electron chi connectivity index (χ3n) is 9.67. The fourth-order valence-corrected chi connectivity index (χ4v) is 7.79. The third kappa shape index (κ3) is 7.49. The summed E-state index contributed by atoms with van der Waals surface area (Å²) in [5.41, 5.74) is 2.29. The number of hydrogen-bond acceptors (Lipinski definition) is 5. The molecule has 1 aliphatic heterocycles. The van der Waals surface area contributed by atoms with Crippen LogP contribution in [0.1, 0.15) is 66.1 Å². The quantitative estimate of drug-likeness (QED) is 0.132. The molecular weight excluding hydrogens is 540 g/mol. The number of phenolic OH excluding ortho intramolecular Hbond substituents is 1. The number of aliphatic carboxylic acids is 1. The van der Waals surface area contributed by atoms with Crippen LogP contribution in [0.5, 0.6) is 5.75 Å². The van der Waals surface area contributed by atoms with Gasteiger partial charge in [-0.2, -0.15) is 0 Å². The van der Waals surface area contributed by atoms with Gasteiger partial charge in [-0.05, 0) is 62.6 Å². The Bertz CT molecular complexity index is 1330. The molecule has 2 aliphatic carbocycles. The summed E-state index contributed by atoms with van der Waals surface area (Å²) in [7, 11) is 0. The number of carboxylic acid groups (broad SMARTS) is 1. The van der Waals surface area contributed by atoms with Gasteiger partial charge in [-0.1, -0.05) is 98.7 Å². The largest absolute Gasteiger partial charge is 0.508 e. The molecule has 2 fully saturated rings. The van der Waals surface area contributed by atoms with E-state index in [0.29, 0.717) is 6.42 Å². The number of hydrogen-bond donors (Lipinski definition) is 4. The lowest BCUT2D eigenvalue weighted by molar-refractivity contribution is -0.131. The summed E-state index contributed by atoms with van der Waals surface area (Å²) in [6.07, 6.45) is 19.0. The Morgan fingerprint density at radius 1 is 1.09 bits per heavy atom. The maximum absolute atomic E-state index is 11.4. The number of aliphatic hydroxyl groups excluding tert-OH is 1. The summed E-state index contributed by atoms with van der Waals surface area (Å²) in [4.78, 5) is 10.7. The van der Waals surface area contributed by atoms with Crippen LogP contribution in [0.3, 0.4) is 0 Å². The van der Waals surface area contributed by atoms with Crippen LogP contribution in [0.2, 0.25) is 0 Å². The summed E-state index contributed by atoms with van der Waals surface area (Å²) < 4.78 is 6.81. The van der Waals surface area contributed by atoms with Gasteiger partial charge in [0.15, 0.2) is 0 Å². The maximum atomic E-state index is 11.4. The van der Waals surface area contributed by atoms with Crippen molar-refractivity contribution in [3.8, 4) is 5.75 Å². The normalized spacial score (nSPS) is 33.8. The molecule has 9 atom stereocenters. The van der Waals surface area contributed by atoms with Crippen LogP contribution in [-0.4, -0.2) is 44.2 Å².